The summed E-state index contributed by atoms with van der Waals surface area (Å²) in [6.07, 6.45) is 1.02. The van der Waals surface area contributed by atoms with Gasteiger partial charge in [0.25, 0.3) is 0 Å². The predicted molar refractivity (Wildman–Crippen MR) is 83.2 cm³/mol. The van der Waals surface area contributed by atoms with E-state index >= 15 is 0 Å². The van der Waals surface area contributed by atoms with Crippen molar-refractivity contribution in [2.45, 2.75) is 46.1 Å². The molecule has 0 atom stereocenters. The van der Waals surface area contributed by atoms with Crippen molar-refractivity contribution in [2.24, 2.45) is 0 Å². The maximum Gasteiger partial charge on any atom is 0.203 e. The van der Waals surface area contributed by atoms with Gasteiger partial charge >= 0.3 is 0 Å². The standard InChI is InChI=1S/C15H21N3OS/c1-5-10-6-7-12(11(8-10)15(2,3)4)19-9-13-17-18-14(16)20-13/h6-8H,5,9H2,1-4H3,(H2,16,18). The monoisotopic (exact) mass is 291 g/mol. The van der Waals surface area contributed by atoms with E-state index in [-0.39, 0.29) is 5.41 Å². The predicted octanol–water partition coefficient (Wildman–Crippen LogP) is 3.56. The third-order valence-corrected chi connectivity index (χ3v) is 3.82. The molecule has 0 bridgehead atoms. The summed E-state index contributed by atoms with van der Waals surface area (Å²) in [6, 6.07) is 6.38. The summed E-state index contributed by atoms with van der Waals surface area (Å²) >= 11 is 1.36. The molecular formula is C15H21N3OS. The molecule has 0 fully saturated rings. The van der Waals surface area contributed by atoms with Gasteiger partial charge in [-0.1, -0.05) is 51.2 Å². The minimum absolute atomic E-state index is 0.0423. The topological polar surface area (TPSA) is 61.0 Å². The van der Waals surface area contributed by atoms with Crippen LogP contribution in [0.2, 0.25) is 0 Å². The summed E-state index contributed by atoms with van der Waals surface area (Å²) in [6.45, 7) is 9.14. The van der Waals surface area contributed by atoms with Gasteiger partial charge in [-0.05, 0) is 29.0 Å². The average molecular weight is 291 g/mol. The quantitative estimate of drug-likeness (QED) is 0.935. The Kier molecular flexibility index (Phi) is 4.28. The van der Waals surface area contributed by atoms with Gasteiger partial charge in [0.15, 0.2) is 5.01 Å². The van der Waals surface area contributed by atoms with Gasteiger partial charge in [-0.2, -0.15) is 0 Å². The van der Waals surface area contributed by atoms with Crippen LogP contribution in [0.5, 0.6) is 5.75 Å². The van der Waals surface area contributed by atoms with Gasteiger partial charge in [-0.15, -0.1) is 10.2 Å². The van der Waals surface area contributed by atoms with Crippen LogP contribution in [-0.2, 0) is 18.4 Å². The molecule has 1 aromatic heterocycles. The van der Waals surface area contributed by atoms with Gasteiger partial charge in [0.2, 0.25) is 5.13 Å². The summed E-state index contributed by atoms with van der Waals surface area (Å²) in [5.74, 6) is 0.906. The van der Waals surface area contributed by atoms with Gasteiger partial charge in [-0.3, -0.25) is 0 Å². The molecule has 0 saturated carbocycles. The van der Waals surface area contributed by atoms with E-state index in [1.54, 1.807) is 0 Å². The number of hydrogen-bond donors (Lipinski definition) is 1. The lowest BCUT2D eigenvalue weighted by atomic mass is 9.85. The molecule has 1 aromatic carbocycles. The van der Waals surface area contributed by atoms with Crippen LogP contribution in [0.4, 0.5) is 5.13 Å². The highest BCUT2D eigenvalue weighted by atomic mass is 32.1. The molecule has 0 unspecified atom stereocenters. The molecule has 0 saturated heterocycles. The molecule has 2 aromatic rings. The normalized spacial score (nSPS) is 11.6. The van der Waals surface area contributed by atoms with Crippen LogP contribution in [0.3, 0.4) is 0 Å². The zero-order chi connectivity index (χ0) is 14.8. The maximum absolute atomic E-state index is 5.91. The van der Waals surface area contributed by atoms with Crippen LogP contribution in [0.15, 0.2) is 18.2 Å². The fourth-order valence-corrected chi connectivity index (χ4v) is 2.50. The fourth-order valence-electron chi connectivity index (χ4n) is 1.97. The second-order valence-electron chi connectivity index (χ2n) is 5.76. The van der Waals surface area contributed by atoms with Crippen molar-refractivity contribution in [1.82, 2.24) is 10.2 Å². The van der Waals surface area contributed by atoms with Gasteiger partial charge in [0.05, 0.1) is 0 Å². The number of nitrogens with two attached hydrogens (primary N) is 1. The zero-order valence-electron chi connectivity index (χ0n) is 12.4. The Morgan fingerprint density at radius 3 is 2.55 bits per heavy atom. The molecule has 2 N–H and O–H groups in total. The molecule has 1 heterocycles. The first-order valence-corrected chi connectivity index (χ1v) is 7.56. The van der Waals surface area contributed by atoms with Crippen molar-refractivity contribution in [2.75, 3.05) is 5.73 Å². The lowest BCUT2D eigenvalue weighted by Crippen LogP contribution is -2.14. The van der Waals surface area contributed by atoms with Crippen molar-refractivity contribution in [3.63, 3.8) is 0 Å². The molecule has 0 aliphatic heterocycles. The molecular weight excluding hydrogens is 270 g/mol. The van der Waals surface area contributed by atoms with Gasteiger partial charge in [0.1, 0.15) is 12.4 Å². The highest BCUT2D eigenvalue weighted by Crippen LogP contribution is 2.33. The Bertz CT molecular complexity index is 587. The highest BCUT2D eigenvalue weighted by Gasteiger charge is 2.19. The van der Waals surface area contributed by atoms with Gasteiger partial charge < -0.3 is 10.5 Å². The number of hydrogen-bond acceptors (Lipinski definition) is 5. The van der Waals surface area contributed by atoms with E-state index in [9.17, 15) is 0 Å². The van der Waals surface area contributed by atoms with E-state index in [0.717, 1.165) is 17.2 Å². The van der Waals surface area contributed by atoms with Crippen LogP contribution < -0.4 is 10.5 Å². The van der Waals surface area contributed by atoms with E-state index < -0.39 is 0 Å². The number of aryl methyl sites for hydroxylation is 1. The number of nitrogens with zero attached hydrogens (tertiary/aromatic N) is 2. The van der Waals surface area contributed by atoms with Crippen LogP contribution in [-0.4, -0.2) is 10.2 Å². The van der Waals surface area contributed by atoms with Crippen LogP contribution in [0.1, 0.15) is 43.8 Å². The lowest BCUT2D eigenvalue weighted by Gasteiger charge is -2.23. The van der Waals surface area contributed by atoms with Crippen LogP contribution >= 0.6 is 11.3 Å². The minimum Gasteiger partial charge on any atom is -0.486 e. The summed E-state index contributed by atoms with van der Waals surface area (Å²) in [7, 11) is 0. The third-order valence-electron chi connectivity index (χ3n) is 3.09. The van der Waals surface area contributed by atoms with E-state index in [2.05, 4.69) is 50.0 Å². The maximum atomic E-state index is 5.91. The number of ether oxygens (including phenoxy) is 1. The average Bonchev–Trinajstić information content (AvgIpc) is 2.81. The summed E-state index contributed by atoms with van der Waals surface area (Å²) in [4.78, 5) is 0. The largest absolute Gasteiger partial charge is 0.486 e. The number of rotatable bonds is 4. The highest BCUT2D eigenvalue weighted by molar-refractivity contribution is 7.15. The van der Waals surface area contributed by atoms with Crippen molar-refractivity contribution in [1.29, 1.82) is 0 Å². The zero-order valence-corrected chi connectivity index (χ0v) is 13.3. The number of anilines is 1. The Morgan fingerprint density at radius 2 is 2.00 bits per heavy atom. The van der Waals surface area contributed by atoms with E-state index in [1.807, 2.05) is 6.07 Å². The second kappa shape index (κ2) is 5.79. The SMILES string of the molecule is CCc1ccc(OCc2nnc(N)s2)c(C(C)(C)C)c1. The van der Waals surface area contributed by atoms with Crippen LogP contribution in [0.25, 0.3) is 0 Å². The molecule has 0 aliphatic rings. The summed E-state index contributed by atoms with van der Waals surface area (Å²) < 4.78 is 5.91. The number of nitrogen functional groups attached to an aromatic ring is 1. The minimum atomic E-state index is 0.0423. The Balaban J connectivity index is 2.22. The van der Waals surface area contributed by atoms with Gasteiger partial charge in [-0.25, -0.2) is 0 Å². The van der Waals surface area contributed by atoms with Gasteiger partial charge in [0, 0.05) is 0 Å². The van der Waals surface area contributed by atoms with E-state index in [4.69, 9.17) is 10.5 Å². The Hall–Kier alpha value is -1.62. The molecule has 0 aliphatic carbocycles. The lowest BCUT2D eigenvalue weighted by molar-refractivity contribution is 0.296. The number of benzene rings is 1. The number of aromatic nitrogens is 2. The molecule has 2 rings (SSSR count). The molecule has 108 valence electrons. The Morgan fingerprint density at radius 1 is 1.25 bits per heavy atom. The second-order valence-corrected chi connectivity index (χ2v) is 6.85. The van der Waals surface area contributed by atoms with Crippen molar-refractivity contribution < 1.29 is 4.74 Å². The third kappa shape index (κ3) is 3.48. The first-order chi connectivity index (χ1) is 9.40. The van der Waals surface area contributed by atoms with Crippen molar-refractivity contribution >= 4 is 16.5 Å². The first kappa shape index (κ1) is 14.8. The molecule has 20 heavy (non-hydrogen) atoms. The van der Waals surface area contributed by atoms with E-state index in [0.29, 0.717) is 11.7 Å². The van der Waals surface area contributed by atoms with Crippen molar-refractivity contribution in [3.05, 3.63) is 34.3 Å². The Labute approximate surface area is 124 Å². The molecule has 5 heteroatoms. The fraction of sp³-hybridized carbons (Fsp3) is 0.467. The first-order valence-electron chi connectivity index (χ1n) is 6.74. The van der Waals surface area contributed by atoms with Crippen molar-refractivity contribution in [3.8, 4) is 5.75 Å². The molecule has 0 radical (unpaired) electrons. The molecule has 0 spiro atoms. The smallest absolute Gasteiger partial charge is 0.203 e. The summed E-state index contributed by atoms with van der Waals surface area (Å²) in [5, 5.41) is 9.04. The van der Waals surface area contributed by atoms with E-state index in [1.165, 1.54) is 22.5 Å². The molecule has 4 nitrogen and oxygen atoms in total. The molecule has 0 amide bonds. The summed E-state index contributed by atoms with van der Waals surface area (Å²) in [5.41, 5.74) is 8.15. The van der Waals surface area contributed by atoms with Crippen LogP contribution in [0, 0.1) is 0 Å².